The predicted molar refractivity (Wildman–Crippen MR) is 89.1 cm³/mol. The first-order valence-electron chi connectivity index (χ1n) is 8.05. The van der Waals surface area contributed by atoms with Gasteiger partial charge in [-0.05, 0) is 44.9 Å². The van der Waals surface area contributed by atoms with Gasteiger partial charge in [-0.25, -0.2) is 4.79 Å². The zero-order chi connectivity index (χ0) is 17.2. The molecule has 5 heteroatoms. The number of carbonyl (C=O) groups excluding carboxylic acids is 2. The number of nitrogens with zero attached hydrogens (tertiary/aromatic N) is 1. The van der Waals surface area contributed by atoms with Crippen LogP contribution in [0.2, 0.25) is 0 Å². The second-order valence-corrected chi connectivity index (χ2v) is 6.40. The van der Waals surface area contributed by atoms with E-state index in [1.54, 1.807) is 24.8 Å². The van der Waals surface area contributed by atoms with E-state index in [-0.39, 0.29) is 5.91 Å². The number of anilines is 1. The lowest BCUT2D eigenvalue weighted by molar-refractivity contribution is -0.132. The van der Waals surface area contributed by atoms with Crippen molar-refractivity contribution in [2.45, 2.75) is 52.6 Å². The van der Waals surface area contributed by atoms with Gasteiger partial charge in [0.25, 0.3) is 5.91 Å². The topological polar surface area (TPSA) is 55.8 Å². The minimum Gasteiger partial charge on any atom is -0.476 e. The highest BCUT2D eigenvalue weighted by Gasteiger charge is 2.41. The van der Waals surface area contributed by atoms with Crippen LogP contribution in [0, 0.1) is 6.92 Å². The molecule has 0 atom stereocenters. The molecule has 1 aliphatic rings. The Hall–Kier alpha value is -2.04. The zero-order valence-electron chi connectivity index (χ0n) is 14.6. The van der Waals surface area contributed by atoms with Gasteiger partial charge in [0, 0.05) is 6.54 Å². The van der Waals surface area contributed by atoms with Crippen molar-refractivity contribution in [2.24, 2.45) is 0 Å². The molecule has 0 unspecified atom stereocenters. The maximum absolute atomic E-state index is 12.7. The summed E-state index contributed by atoms with van der Waals surface area (Å²) in [6, 6.07) is 3.51. The SMILES string of the molecule is CCCCCN1C(=O)C(C)(C)Oc2cc(C)c(C(=O)OC)cc21. The predicted octanol–water partition coefficient (Wildman–Crippen LogP) is 3.48. The van der Waals surface area contributed by atoms with E-state index >= 15 is 0 Å². The lowest BCUT2D eigenvalue weighted by Crippen LogP contribution is -2.52. The summed E-state index contributed by atoms with van der Waals surface area (Å²) in [4.78, 5) is 26.4. The quantitative estimate of drug-likeness (QED) is 0.616. The third kappa shape index (κ3) is 3.33. The van der Waals surface area contributed by atoms with Crippen LogP contribution < -0.4 is 9.64 Å². The zero-order valence-corrected chi connectivity index (χ0v) is 14.6. The average Bonchev–Trinajstić information content (AvgIpc) is 2.50. The van der Waals surface area contributed by atoms with E-state index in [9.17, 15) is 9.59 Å². The van der Waals surface area contributed by atoms with Crippen molar-refractivity contribution >= 4 is 17.6 Å². The third-order valence-electron chi connectivity index (χ3n) is 4.11. The fourth-order valence-corrected chi connectivity index (χ4v) is 2.79. The number of hydrogen-bond donors (Lipinski definition) is 0. The number of aryl methyl sites for hydroxylation is 1. The average molecular weight is 319 g/mol. The summed E-state index contributed by atoms with van der Waals surface area (Å²) in [5.74, 6) is 0.146. The van der Waals surface area contributed by atoms with Crippen LogP contribution >= 0.6 is 0 Å². The number of carbonyl (C=O) groups is 2. The van der Waals surface area contributed by atoms with Gasteiger partial charge in [-0.3, -0.25) is 4.79 Å². The number of hydrogen-bond acceptors (Lipinski definition) is 4. The summed E-state index contributed by atoms with van der Waals surface area (Å²) in [7, 11) is 1.35. The van der Waals surface area contributed by atoms with Gasteiger partial charge in [-0.1, -0.05) is 19.8 Å². The monoisotopic (exact) mass is 319 g/mol. The van der Waals surface area contributed by atoms with Gasteiger partial charge in [0.15, 0.2) is 5.60 Å². The van der Waals surface area contributed by atoms with Crippen LogP contribution in [0.5, 0.6) is 5.75 Å². The molecule has 0 aromatic heterocycles. The first kappa shape index (κ1) is 17.3. The van der Waals surface area contributed by atoms with Gasteiger partial charge < -0.3 is 14.4 Å². The van der Waals surface area contributed by atoms with Crippen LogP contribution in [-0.2, 0) is 9.53 Å². The first-order chi connectivity index (χ1) is 10.8. The highest BCUT2D eigenvalue weighted by molar-refractivity contribution is 6.04. The van der Waals surface area contributed by atoms with Crippen molar-refractivity contribution in [3.63, 3.8) is 0 Å². The lowest BCUT2D eigenvalue weighted by Gasteiger charge is -2.39. The Labute approximate surface area is 137 Å². The molecule has 1 aromatic carbocycles. The Balaban J connectivity index is 2.47. The molecule has 1 heterocycles. The molecule has 126 valence electrons. The second-order valence-electron chi connectivity index (χ2n) is 6.40. The summed E-state index contributed by atoms with van der Waals surface area (Å²) in [6.07, 6.45) is 3.05. The number of fused-ring (bicyclic) bond motifs is 1. The molecule has 0 fully saturated rings. The van der Waals surface area contributed by atoms with Crippen LogP contribution in [0.4, 0.5) is 5.69 Å². The van der Waals surface area contributed by atoms with E-state index in [4.69, 9.17) is 9.47 Å². The van der Waals surface area contributed by atoms with E-state index < -0.39 is 11.6 Å². The van der Waals surface area contributed by atoms with E-state index in [2.05, 4.69) is 6.92 Å². The minimum absolute atomic E-state index is 0.0826. The smallest absolute Gasteiger partial charge is 0.338 e. The van der Waals surface area contributed by atoms with Gasteiger partial charge >= 0.3 is 5.97 Å². The minimum atomic E-state index is -0.904. The van der Waals surface area contributed by atoms with Crippen LogP contribution in [0.15, 0.2) is 12.1 Å². The fourth-order valence-electron chi connectivity index (χ4n) is 2.79. The molecule has 0 saturated heterocycles. The summed E-state index contributed by atoms with van der Waals surface area (Å²) in [6.45, 7) is 8.12. The Morgan fingerprint density at radius 2 is 2.00 bits per heavy atom. The van der Waals surface area contributed by atoms with Gasteiger partial charge in [0.2, 0.25) is 0 Å². The number of rotatable bonds is 5. The summed E-state index contributed by atoms with van der Waals surface area (Å²) in [5, 5.41) is 0. The summed E-state index contributed by atoms with van der Waals surface area (Å²) >= 11 is 0. The Kier molecular flexibility index (Phi) is 4.97. The lowest BCUT2D eigenvalue weighted by atomic mass is 10.00. The number of benzene rings is 1. The van der Waals surface area contributed by atoms with Crippen molar-refractivity contribution in [1.82, 2.24) is 0 Å². The number of methoxy groups -OCH3 is 1. The largest absolute Gasteiger partial charge is 0.476 e. The van der Waals surface area contributed by atoms with Gasteiger partial charge in [0.1, 0.15) is 5.75 Å². The molecule has 0 N–H and O–H groups in total. The van der Waals surface area contributed by atoms with Crippen molar-refractivity contribution in [3.8, 4) is 5.75 Å². The molecule has 0 saturated carbocycles. The number of ether oxygens (including phenoxy) is 2. The Morgan fingerprint density at radius 3 is 2.61 bits per heavy atom. The van der Waals surface area contributed by atoms with E-state index in [1.807, 2.05) is 13.0 Å². The van der Waals surface area contributed by atoms with E-state index in [0.717, 1.165) is 24.8 Å². The number of unbranched alkanes of at least 4 members (excludes halogenated alkanes) is 2. The normalized spacial score (nSPS) is 15.9. The van der Waals surface area contributed by atoms with Crippen molar-refractivity contribution < 1.29 is 19.1 Å². The molecule has 2 rings (SSSR count). The molecule has 0 bridgehead atoms. The Bertz CT molecular complexity index is 622. The van der Waals surface area contributed by atoms with Gasteiger partial charge in [-0.2, -0.15) is 0 Å². The molecule has 1 amide bonds. The molecule has 0 spiro atoms. The maximum atomic E-state index is 12.7. The third-order valence-corrected chi connectivity index (χ3v) is 4.11. The van der Waals surface area contributed by atoms with Gasteiger partial charge in [-0.15, -0.1) is 0 Å². The molecular weight excluding hydrogens is 294 g/mol. The molecule has 23 heavy (non-hydrogen) atoms. The summed E-state index contributed by atoms with van der Waals surface area (Å²) < 4.78 is 10.7. The van der Waals surface area contributed by atoms with Crippen LogP contribution in [0.3, 0.4) is 0 Å². The fraction of sp³-hybridized carbons (Fsp3) is 0.556. The van der Waals surface area contributed by atoms with Crippen LogP contribution in [0.25, 0.3) is 0 Å². The maximum Gasteiger partial charge on any atom is 0.338 e. The highest BCUT2D eigenvalue weighted by atomic mass is 16.5. The van der Waals surface area contributed by atoms with E-state index in [0.29, 0.717) is 23.5 Å². The second kappa shape index (κ2) is 6.60. The van der Waals surface area contributed by atoms with Gasteiger partial charge in [0.05, 0.1) is 18.4 Å². The molecule has 0 aliphatic carbocycles. The molecule has 1 aromatic rings. The molecule has 0 radical (unpaired) electrons. The summed E-state index contributed by atoms with van der Waals surface area (Å²) in [5.41, 5.74) is 0.979. The van der Waals surface area contributed by atoms with E-state index in [1.165, 1.54) is 7.11 Å². The van der Waals surface area contributed by atoms with Crippen molar-refractivity contribution in [2.75, 3.05) is 18.6 Å². The Morgan fingerprint density at radius 1 is 1.30 bits per heavy atom. The van der Waals surface area contributed by atoms with Crippen molar-refractivity contribution in [3.05, 3.63) is 23.3 Å². The molecule has 5 nitrogen and oxygen atoms in total. The number of esters is 1. The molecular formula is C18H25NO4. The molecule has 1 aliphatic heterocycles. The number of amides is 1. The standard InChI is InChI=1S/C18H25NO4/c1-6-7-8-9-19-14-11-13(16(20)22-5)12(2)10-15(14)23-18(3,4)17(19)21/h10-11H,6-9H2,1-5H3. The van der Waals surface area contributed by atoms with Crippen LogP contribution in [0.1, 0.15) is 56.0 Å². The highest BCUT2D eigenvalue weighted by Crippen LogP contribution is 2.40. The first-order valence-corrected chi connectivity index (χ1v) is 8.05. The van der Waals surface area contributed by atoms with Crippen molar-refractivity contribution in [1.29, 1.82) is 0 Å². The van der Waals surface area contributed by atoms with Crippen LogP contribution in [-0.4, -0.2) is 31.1 Å².